The third kappa shape index (κ3) is 2.27. The Hall–Kier alpha value is -1.69. The van der Waals surface area contributed by atoms with Crippen molar-refractivity contribution in [1.82, 2.24) is 15.2 Å². The highest BCUT2D eigenvalue weighted by molar-refractivity contribution is 7.90. The van der Waals surface area contributed by atoms with E-state index in [0.717, 1.165) is 5.56 Å². The van der Waals surface area contributed by atoms with Gasteiger partial charge in [0.25, 0.3) is 5.16 Å². The fourth-order valence-electron chi connectivity index (χ4n) is 1.32. The molecule has 0 spiro atoms. The lowest BCUT2D eigenvalue weighted by atomic mass is 10.2. The van der Waals surface area contributed by atoms with Crippen molar-refractivity contribution in [2.75, 3.05) is 0 Å². The molecule has 0 radical (unpaired) electrons. The minimum absolute atomic E-state index is 0.0782. The third-order valence-electron chi connectivity index (χ3n) is 2.05. The summed E-state index contributed by atoms with van der Waals surface area (Å²) < 4.78 is 23.7. The molecule has 0 saturated carbocycles. The first kappa shape index (κ1) is 10.8. The van der Waals surface area contributed by atoms with Gasteiger partial charge in [0, 0.05) is 0 Å². The van der Waals surface area contributed by atoms with E-state index in [1.165, 1.54) is 0 Å². The second-order valence-corrected chi connectivity index (χ2v) is 5.33. The zero-order chi connectivity index (χ0) is 11.6. The number of hydrogen-bond acceptors (Lipinski definition) is 4. The smallest absolute Gasteiger partial charge is 0.262 e. The van der Waals surface area contributed by atoms with E-state index in [9.17, 15) is 8.42 Å². The minimum Gasteiger partial charge on any atom is -0.262 e. The Bertz CT molecular complexity index is 575. The van der Waals surface area contributed by atoms with Crippen molar-refractivity contribution in [3.8, 4) is 0 Å². The van der Waals surface area contributed by atoms with Gasteiger partial charge in [0.15, 0.2) is 0 Å². The van der Waals surface area contributed by atoms with Gasteiger partial charge in [0.05, 0.1) is 5.75 Å². The first-order valence-corrected chi connectivity index (χ1v) is 6.39. The van der Waals surface area contributed by atoms with Gasteiger partial charge < -0.3 is 0 Å². The Balaban J connectivity index is 2.28. The molecule has 1 N–H and O–H groups in total. The van der Waals surface area contributed by atoms with Gasteiger partial charge in [-0.05, 0) is 12.5 Å². The highest BCUT2D eigenvalue weighted by Gasteiger charge is 2.19. The SMILES string of the molecule is Cc1nc(S(=O)(=O)Cc2ccccc2)n[nH]1. The lowest BCUT2D eigenvalue weighted by Crippen LogP contribution is -2.07. The summed E-state index contributed by atoms with van der Waals surface area (Å²) in [4.78, 5) is 3.82. The maximum atomic E-state index is 11.9. The molecule has 16 heavy (non-hydrogen) atoms. The number of rotatable bonds is 3. The van der Waals surface area contributed by atoms with Gasteiger partial charge in [-0.15, -0.1) is 5.10 Å². The van der Waals surface area contributed by atoms with Crippen LogP contribution >= 0.6 is 0 Å². The number of nitrogens with one attached hydrogen (secondary N) is 1. The van der Waals surface area contributed by atoms with E-state index in [1.54, 1.807) is 31.2 Å². The maximum Gasteiger partial charge on any atom is 0.267 e. The predicted molar refractivity (Wildman–Crippen MR) is 58.5 cm³/mol. The van der Waals surface area contributed by atoms with Gasteiger partial charge in [-0.3, -0.25) is 5.10 Å². The van der Waals surface area contributed by atoms with Gasteiger partial charge in [0.1, 0.15) is 5.82 Å². The third-order valence-corrected chi connectivity index (χ3v) is 3.51. The molecule has 0 fully saturated rings. The predicted octanol–water partition coefficient (Wildman–Crippen LogP) is 1.09. The summed E-state index contributed by atoms with van der Waals surface area (Å²) in [5.74, 6) is 0.414. The summed E-state index contributed by atoms with van der Waals surface area (Å²) >= 11 is 0. The second kappa shape index (κ2) is 4.05. The number of hydrogen-bond donors (Lipinski definition) is 1. The Morgan fingerprint density at radius 1 is 1.25 bits per heavy atom. The van der Waals surface area contributed by atoms with Crippen LogP contribution in [-0.2, 0) is 15.6 Å². The van der Waals surface area contributed by atoms with Crippen LogP contribution in [0, 0.1) is 6.92 Å². The largest absolute Gasteiger partial charge is 0.267 e. The van der Waals surface area contributed by atoms with Crippen LogP contribution in [0.1, 0.15) is 11.4 Å². The Morgan fingerprint density at radius 2 is 1.94 bits per heavy atom. The standard InChI is InChI=1S/C10H11N3O2S/c1-8-11-10(13-12-8)16(14,15)7-9-5-3-2-4-6-9/h2-6H,7H2,1H3,(H,11,12,13). The van der Waals surface area contributed by atoms with Crippen LogP contribution in [-0.4, -0.2) is 23.6 Å². The number of H-pyrrole nitrogens is 1. The molecule has 0 unspecified atom stereocenters. The molecule has 0 bridgehead atoms. The molecule has 0 aliphatic carbocycles. The Kier molecular flexibility index (Phi) is 2.74. The van der Waals surface area contributed by atoms with Gasteiger partial charge in [-0.25, -0.2) is 13.4 Å². The normalized spacial score (nSPS) is 11.6. The molecular weight excluding hydrogens is 226 g/mol. The lowest BCUT2D eigenvalue weighted by Gasteiger charge is -1.99. The van der Waals surface area contributed by atoms with Gasteiger partial charge in [-0.2, -0.15) is 0 Å². The quantitative estimate of drug-likeness (QED) is 0.866. The Morgan fingerprint density at radius 3 is 2.50 bits per heavy atom. The first-order chi connectivity index (χ1) is 7.58. The second-order valence-electron chi connectivity index (χ2n) is 3.45. The minimum atomic E-state index is -3.45. The molecule has 1 heterocycles. The summed E-state index contributed by atoms with van der Waals surface area (Å²) in [6.45, 7) is 1.66. The van der Waals surface area contributed by atoms with Crippen molar-refractivity contribution < 1.29 is 8.42 Å². The number of aromatic nitrogens is 3. The molecule has 5 nitrogen and oxygen atoms in total. The highest BCUT2D eigenvalue weighted by atomic mass is 32.2. The van der Waals surface area contributed by atoms with E-state index in [-0.39, 0.29) is 10.9 Å². The number of aromatic amines is 1. The van der Waals surface area contributed by atoms with Crippen LogP contribution in [0.15, 0.2) is 35.5 Å². The van der Waals surface area contributed by atoms with Crippen molar-refractivity contribution in [1.29, 1.82) is 0 Å². The van der Waals surface area contributed by atoms with Crippen LogP contribution in [0.4, 0.5) is 0 Å². The Labute approximate surface area is 93.5 Å². The molecule has 0 atom stereocenters. The van der Waals surface area contributed by atoms with Gasteiger partial charge in [0.2, 0.25) is 9.84 Å². The fraction of sp³-hybridized carbons (Fsp3) is 0.200. The van der Waals surface area contributed by atoms with Crippen molar-refractivity contribution in [3.63, 3.8) is 0 Å². The summed E-state index contributed by atoms with van der Waals surface area (Å²) in [5.41, 5.74) is 0.727. The summed E-state index contributed by atoms with van der Waals surface area (Å²) in [7, 11) is -3.45. The summed E-state index contributed by atoms with van der Waals surface area (Å²) in [6, 6.07) is 8.96. The molecule has 1 aromatic carbocycles. The zero-order valence-corrected chi connectivity index (χ0v) is 9.53. The van der Waals surface area contributed by atoms with E-state index in [1.807, 2.05) is 6.07 Å². The molecule has 0 amide bonds. The van der Waals surface area contributed by atoms with Crippen molar-refractivity contribution in [3.05, 3.63) is 41.7 Å². The van der Waals surface area contributed by atoms with Crippen molar-refractivity contribution in [2.24, 2.45) is 0 Å². The number of nitrogens with zero attached hydrogens (tertiary/aromatic N) is 2. The summed E-state index contributed by atoms with van der Waals surface area (Å²) in [5, 5.41) is 6.04. The van der Waals surface area contributed by atoms with Crippen LogP contribution in [0.3, 0.4) is 0 Å². The highest BCUT2D eigenvalue weighted by Crippen LogP contribution is 2.11. The van der Waals surface area contributed by atoms with E-state index in [0.29, 0.717) is 5.82 Å². The molecule has 0 aliphatic rings. The fourth-order valence-corrected chi connectivity index (χ4v) is 2.54. The van der Waals surface area contributed by atoms with E-state index in [2.05, 4.69) is 15.2 Å². The lowest BCUT2D eigenvalue weighted by molar-refractivity contribution is 0.587. The number of benzene rings is 1. The first-order valence-electron chi connectivity index (χ1n) is 4.73. The molecule has 0 saturated heterocycles. The van der Waals surface area contributed by atoms with Gasteiger partial charge >= 0.3 is 0 Å². The molecule has 0 aliphatic heterocycles. The number of sulfone groups is 1. The zero-order valence-electron chi connectivity index (χ0n) is 8.71. The van der Waals surface area contributed by atoms with E-state index in [4.69, 9.17) is 0 Å². The summed E-state index contributed by atoms with van der Waals surface area (Å²) in [6.07, 6.45) is 0. The molecule has 84 valence electrons. The van der Waals surface area contributed by atoms with Crippen molar-refractivity contribution >= 4 is 9.84 Å². The van der Waals surface area contributed by atoms with Crippen molar-refractivity contribution in [2.45, 2.75) is 17.8 Å². The van der Waals surface area contributed by atoms with E-state index < -0.39 is 9.84 Å². The van der Waals surface area contributed by atoms with Crippen LogP contribution in [0.25, 0.3) is 0 Å². The molecule has 2 rings (SSSR count). The van der Waals surface area contributed by atoms with Crippen LogP contribution in [0.5, 0.6) is 0 Å². The molecule has 1 aromatic heterocycles. The number of aryl methyl sites for hydroxylation is 1. The average Bonchev–Trinajstić information content (AvgIpc) is 2.66. The molecule has 2 aromatic rings. The molecular formula is C10H11N3O2S. The molecule has 6 heteroatoms. The van der Waals surface area contributed by atoms with Crippen LogP contribution < -0.4 is 0 Å². The monoisotopic (exact) mass is 237 g/mol. The van der Waals surface area contributed by atoms with Crippen LogP contribution in [0.2, 0.25) is 0 Å². The average molecular weight is 237 g/mol. The maximum absolute atomic E-state index is 11.9. The van der Waals surface area contributed by atoms with Gasteiger partial charge in [-0.1, -0.05) is 30.3 Å². The topological polar surface area (TPSA) is 75.7 Å². The van der Waals surface area contributed by atoms with E-state index >= 15 is 0 Å².